The highest BCUT2D eigenvalue weighted by Crippen LogP contribution is 2.30. The van der Waals surface area contributed by atoms with E-state index in [1.165, 1.54) is 23.1 Å². The largest absolute Gasteiger partial charge is 0.573 e. The summed E-state index contributed by atoms with van der Waals surface area (Å²) in [5.74, 6) is -1.08. The number of carbonyl (C=O) groups excluding carboxylic acids is 1. The van der Waals surface area contributed by atoms with Gasteiger partial charge in [0.15, 0.2) is 15.6 Å². The van der Waals surface area contributed by atoms with E-state index in [2.05, 4.69) is 10.1 Å². The molecule has 2 aromatic carbocycles. The Hall–Kier alpha value is -2.75. The quantitative estimate of drug-likeness (QED) is 0.765. The van der Waals surface area contributed by atoms with Crippen molar-refractivity contribution in [3.63, 3.8) is 0 Å². The van der Waals surface area contributed by atoms with Crippen LogP contribution in [0.4, 0.5) is 24.5 Å². The van der Waals surface area contributed by atoms with Gasteiger partial charge in [0.25, 0.3) is 0 Å². The predicted molar refractivity (Wildman–Crippen MR) is 103 cm³/mol. The molecule has 29 heavy (non-hydrogen) atoms. The number of nitrogens with zero attached hydrogens (tertiary/aromatic N) is 1. The van der Waals surface area contributed by atoms with Crippen LogP contribution < -0.4 is 15.0 Å². The molecule has 1 heterocycles. The summed E-state index contributed by atoms with van der Waals surface area (Å²) in [5.41, 5.74) is 0.534. The van der Waals surface area contributed by atoms with Crippen LogP contribution in [0.2, 0.25) is 0 Å². The van der Waals surface area contributed by atoms with Gasteiger partial charge in [-0.3, -0.25) is 4.79 Å². The van der Waals surface area contributed by atoms with Gasteiger partial charge in [-0.15, -0.1) is 13.2 Å². The molecule has 156 valence electrons. The van der Waals surface area contributed by atoms with E-state index in [0.29, 0.717) is 12.1 Å². The maximum absolute atomic E-state index is 12.9. The number of halogens is 3. The van der Waals surface area contributed by atoms with Crippen LogP contribution in [-0.4, -0.2) is 44.8 Å². The molecule has 1 atom stereocenters. The van der Waals surface area contributed by atoms with Crippen LogP contribution in [0.15, 0.2) is 54.6 Å². The number of carbonyl (C=O) groups is 1. The standard InChI is InChI=1S/C19H19F3N2O4S/c20-19(21,22)28-17-9-5-4-8-16(17)23-12-18(25)24(14-6-2-1-3-7-14)15-10-11-29(26,27)13-15/h1-9,15,23H,10-13H2/t15-/m1/s1. The Labute approximate surface area is 166 Å². The minimum atomic E-state index is -4.87. The summed E-state index contributed by atoms with van der Waals surface area (Å²) in [6.07, 6.45) is -4.56. The lowest BCUT2D eigenvalue weighted by molar-refractivity contribution is -0.274. The van der Waals surface area contributed by atoms with Crippen LogP contribution in [0.5, 0.6) is 5.75 Å². The molecule has 2 aromatic rings. The smallest absolute Gasteiger partial charge is 0.404 e. The van der Waals surface area contributed by atoms with Gasteiger partial charge in [-0.2, -0.15) is 0 Å². The number of nitrogens with one attached hydrogen (secondary N) is 1. The molecule has 10 heteroatoms. The summed E-state index contributed by atoms with van der Waals surface area (Å²) in [7, 11) is -3.24. The number of alkyl halides is 3. The van der Waals surface area contributed by atoms with Gasteiger partial charge in [-0.05, 0) is 30.7 Å². The SMILES string of the molecule is O=C(CNc1ccccc1OC(F)(F)F)N(c1ccccc1)[C@@H]1CCS(=O)(=O)C1. The molecule has 0 unspecified atom stereocenters. The summed E-state index contributed by atoms with van der Waals surface area (Å²) in [5, 5.41) is 2.66. The lowest BCUT2D eigenvalue weighted by Crippen LogP contribution is -2.44. The highest BCUT2D eigenvalue weighted by atomic mass is 32.2. The van der Waals surface area contributed by atoms with E-state index in [9.17, 15) is 26.4 Å². The number of benzene rings is 2. The molecule has 1 saturated heterocycles. The van der Waals surface area contributed by atoms with Crippen molar-refractivity contribution in [3.05, 3.63) is 54.6 Å². The third kappa shape index (κ3) is 5.63. The van der Waals surface area contributed by atoms with E-state index in [4.69, 9.17) is 0 Å². The lowest BCUT2D eigenvalue weighted by Gasteiger charge is -2.29. The Balaban J connectivity index is 1.78. The first kappa shape index (κ1) is 21.0. The van der Waals surface area contributed by atoms with Crippen molar-refractivity contribution in [2.75, 3.05) is 28.3 Å². The first-order chi connectivity index (χ1) is 13.6. The van der Waals surface area contributed by atoms with Crippen LogP contribution in [0.1, 0.15) is 6.42 Å². The van der Waals surface area contributed by atoms with Crippen molar-refractivity contribution < 1.29 is 31.1 Å². The molecule has 0 spiro atoms. The fourth-order valence-corrected chi connectivity index (χ4v) is 4.91. The third-order valence-corrected chi connectivity index (χ3v) is 6.17. The zero-order chi connectivity index (χ0) is 21.1. The van der Waals surface area contributed by atoms with Crippen molar-refractivity contribution in [1.29, 1.82) is 0 Å². The van der Waals surface area contributed by atoms with Gasteiger partial charge in [0.05, 0.1) is 29.8 Å². The Bertz CT molecular complexity index is 965. The number of anilines is 2. The molecule has 6 nitrogen and oxygen atoms in total. The van der Waals surface area contributed by atoms with Crippen LogP contribution >= 0.6 is 0 Å². The lowest BCUT2D eigenvalue weighted by atomic mass is 10.1. The molecule has 0 bridgehead atoms. The van der Waals surface area contributed by atoms with Crippen molar-refractivity contribution in [2.45, 2.75) is 18.8 Å². The molecule has 1 aliphatic rings. The van der Waals surface area contributed by atoms with Crippen molar-refractivity contribution in [2.24, 2.45) is 0 Å². The number of ether oxygens (including phenoxy) is 1. The topological polar surface area (TPSA) is 75.7 Å². The fraction of sp³-hybridized carbons (Fsp3) is 0.316. The maximum atomic E-state index is 12.9. The fourth-order valence-electron chi connectivity index (χ4n) is 3.21. The van der Waals surface area contributed by atoms with Crippen LogP contribution in [-0.2, 0) is 14.6 Å². The van der Waals surface area contributed by atoms with Gasteiger partial charge >= 0.3 is 6.36 Å². The van der Waals surface area contributed by atoms with E-state index in [-0.39, 0.29) is 23.7 Å². The van der Waals surface area contributed by atoms with E-state index >= 15 is 0 Å². The molecule has 1 amide bonds. The zero-order valence-corrected chi connectivity index (χ0v) is 16.0. The van der Waals surface area contributed by atoms with Gasteiger partial charge in [-0.1, -0.05) is 30.3 Å². The second-order valence-electron chi connectivity index (χ2n) is 6.55. The van der Waals surface area contributed by atoms with Gasteiger partial charge in [0.2, 0.25) is 5.91 Å². The molecule has 0 aromatic heterocycles. The molecular formula is C19H19F3N2O4S. The first-order valence-corrected chi connectivity index (χ1v) is 10.6. The van der Waals surface area contributed by atoms with Gasteiger partial charge in [-0.25, -0.2) is 8.42 Å². The van der Waals surface area contributed by atoms with E-state index < -0.39 is 33.9 Å². The number of para-hydroxylation sites is 3. The van der Waals surface area contributed by atoms with E-state index in [0.717, 1.165) is 6.07 Å². The normalized spacial score (nSPS) is 18.2. The molecule has 0 aliphatic carbocycles. The average molecular weight is 428 g/mol. The summed E-state index contributed by atoms with van der Waals surface area (Å²) < 4.78 is 65.4. The first-order valence-electron chi connectivity index (χ1n) is 8.81. The van der Waals surface area contributed by atoms with E-state index in [1.807, 2.05) is 0 Å². The van der Waals surface area contributed by atoms with Crippen molar-refractivity contribution in [1.82, 2.24) is 0 Å². The van der Waals surface area contributed by atoms with E-state index in [1.54, 1.807) is 30.3 Å². The number of amides is 1. The maximum Gasteiger partial charge on any atom is 0.573 e. The second kappa shape index (κ2) is 8.32. The second-order valence-corrected chi connectivity index (χ2v) is 8.78. The summed E-state index contributed by atoms with van der Waals surface area (Å²) in [6.45, 7) is -0.330. The van der Waals surface area contributed by atoms with Crippen LogP contribution in [0.25, 0.3) is 0 Å². The molecule has 1 fully saturated rings. The number of rotatable bonds is 6. The highest BCUT2D eigenvalue weighted by molar-refractivity contribution is 7.91. The molecule has 0 radical (unpaired) electrons. The minimum Gasteiger partial charge on any atom is -0.404 e. The van der Waals surface area contributed by atoms with Crippen molar-refractivity contribution in [3.8, 4) is 5.75 Å². The van der Waals surface area contributed by atoms with Crippen LogP contribution in [0.3, 0.4) is 0 Å². The summed E-state index contributed by atoms with van der Waals surface area (Å²) >= 11 is 0. The average Bonchev–Trinajstić information content (AvgIpc) is 3.00. The van der Waals surface area contributed by atoms with Crippen LogP contribution in [0, 0.1) is 0 Å². The Morgan fingerprint density at radius 3 is 2.38 bits per heavy atom. The molecule has 3 rings (SSSR count). The molecule has 1 aliphatic heterocycles. The minimum absolute atomic E-state index is 0.00484. The van der Waals surface area contributed by atoms with Gasteiger partial charge < -0.3 is 15.0 Å². The monoisotopic (exact) mass is 428 g/mol. The zero-order valence-electron chi connectivity index (χ0n) is 15.2. The molecule has 1 N–H and O–H groups in total. The Morgan fingerprint density at radius 1 is 1.10 bits per heavy atom. The number of sulfone groups is 1. The van der Waals surface area contributed by atoms with Gasteiger partial charge in [0.1, 0.15) is 0 Å². The van der Waals surface area contributed by atoms with Crippen molar-refractivity contribution >= 4 is 27.1 Å². The summed E-state index contributed by atoms with van der Waals surface area (Å²) in [4.78, 5) is 14.3. The third-order valence-electron chi connectivity index (χ3n) is 4.42. The summed E-state index contributed by atoms with van der Waals surface area (Å²) in [6, 6.07) is 13.4. The molecule has 0 saturated carbocycles. The van der Waals surface area contributed by atoms with Gasteiger partial charge in [0, 0.05) is 5.69 Å². The predicted octanol–water partition coefficient (Wildman–Crippen LogP) is 3.22. The number of hydrogen-bond donors (Lipinski definition) is 1. The molecular weight excluding hydrogens is 409 g/mol. The number of hydrogen-bond acceptors (Lipinski definition) is 5. The highest BCUT2D eigenvalue weighted by Gasteiger charge is 2.36. The Kier molecular flexibility index (Phi) is 6.02. The Morgan fingerprint density at radius 2 is 1.76 bits per heavy atom.